The molecule has 0 radical (unpaired) electrons. The zero-order valence-corrected chi connectivity index (χ0v) is 20.7. The van der Waals surface area contributed by atoms with Crippen LogP contribution in [0.3, 0.4) is 0 Å². The van der Waals surface area contributed by atoms with Crippen LogP contribution in [-0.2, 0) is 11.3 Å². The molecule has 1 heterocycles. The molecule has 1 aliphatic rings. The fourth-order valence-corrected chi connectivity index (χ4v) is 4.20. The minimum absolute atomic E-state index is 0.00781. The second-order valence-electron chi connectivity index (χ2n) is 8.50. The Balaban J connectivity index is 1.72. The SMILES string of the molecule is C=CCOc1ccc([C@H]2N(Cc3ccccc3)CC(=O)N2/N=C(/C)c2ccc([N+](=O)[O-])cc2)cc1OC. The maximum atomic E-state index is 13.3. The number of nitro groups is 1. The van der Waals surface area contributed by atoms with Gasteiger partial charge in [0.15, 0.2) is 11.5 Å². The third-order valence-corrected chi connectivity index (χ3v) is 6.00. The second-order valence-corrected chi connectivity index (χ2v) is 8.50. The Bertz CT molecular complexity index is 1310. The number of hydrogen-bond acceptors (Lipinski definition) is 7. The molecule has 0 unspecified atom stereocenters. The Morgan fingerprint density at radius 3 is 2.51 bits per heavy atom. The van der Waals surface area contributed by atoms with Crippen LogP contribution in [0.25, 0.3) is 0 Å². The smallest absolute Gasteiger partial charge is 0.269 e. The molecular formula is C28H28N4O5. The molecule has 3 aromatic rings. The molecule has 0 bridgehead atoms. The second kappa shape index (κ2) is 11.5. The average molecular weight is 501 g/mol. The first-order valence-corrected chi connectivity index (χ1v) is 11.7. The zero-order chi connectivity index (χ0) is 26.4. The van der Waals surface area contributed by atoms with Gasteiger partial charge >= 0.3 is 0 Å². The van der Waals surface area contributed by atoms with E-state index < -0.39 is 11.1 Å². The van der Waals surface area contributed by atoms with Gasteiger partial charge in [0.05, 0.1) is 24.3 Å². The molecule has 0 aliphatic carbocycles. The number of rotatable bonds is 10. The van der Waals surface area contributed by atoms with E-state index in [1.807, 2.05) is 53.4 Å². The third kappa shape index (κ3) is 5.84. The van der Waals surface area contributed by atoms with E-state index in [0.29, 0.717) is 35.9 Å². The van der Waals surface area contributed by atoms with Crippen LogP contribution in [0.15, 0.2) is 90.6 Å². The molecule has 9 nitrogen and oxygen atoms in total. The van der Waals surface area contributed by atoms with E-state index in [9.17, 15) is 14.9 Å². The number of carbonyl (C=O) groups excluding carboxylic acids is 1. The summed E-state index contributed by atoms with van der Waals surface area (Å²) < 4.78 is 11.3. The molecular weight excluding hydrogens is 472 g/mol. The molecule has 1 fully saturated rings. The van der Waals surface area contributed by atoms with Gasteiger partial charge in [-0.3, -0.25) is 19.8 Å². The minimum Gasteiger partial charge on any atom is -0.493 e. The van der Waals surface area contributed by atoms with Crippen molar-refractivity contribution in [3.05, 3.63) is 112 Å². The van der Waals surface area contributed by atoms with E-state index in [2.05, 4.69) is 11.7 Å². The Hall–Kier alpha value is -4.50. The van der Waals surface area contributed by atoms with Crippen LogP contribution in [0, 0.1) is 10.1 Å². The molecule has 37 heavy (non-hydrogen) atoms. The predicted octanol–water partition coefficient (Wildman–Crippen LogP) is 4.94. The number of nitro benzene ring substituents is 1. The van der Waals surface area contributed by atoms with Gasteiger partial charge in [-0.2, -0.15) is 5.10 Å². The van der Waals surface area contributed by atoms with Gasteiger partial charge in [-0.1, -0.05) is 49.1 Å². The van der Waals surface area contributed by atoms with Crippen LogP contribution in [0.1, 0.15) is 29.8 Å². The fourth-order valence-electron chi connectivity index (χ4n) is 4.20. The number of nitrogens with zero attached hydrogens (tertiary/aromatic N) is 4. The lowest BCUT2D eigenvalue weighted by Crippen LogP contribution is -2.29. The summed E-state index contributed by atoms with van der Waals surface area (Å²) in [6, 6.07) is 21.6. The number of benzene rings is 3. The van der Waals surface area contributed by atoms with E-state index in [4.69, 9.17) is 9.47 Å². The minimum atomic E-state index is -0.497. The summed E-state index contributed by atoms with van der Waals surface area (Å²) in [6.45, 7) is 6.51. The lowest BCUT2D eigenvalue weighted by molar-refractivity contribution is -0.384. The Kier molecular flexibility index (Phi) is 7.95. The highest BCUT2D eigenvalue weighted by Gasteiger charge is 2.39. The highest BCUT2D eigenvalue weighted by molar-refractivity contribution is 5.99. The average Bonchev–Trinajstić information content (AvgIpc) is 3.21. The van der Waals surface area contributed by atoms with E-state index in [-0.39, 0.29) is 18.1 Å². The molecule has 190 valence electrons. The molecule has 1 aliphatic heterocycles. The Morgan fingerprint density at radius 2 is 1.86 bits per heavy atom. The van der Waals surface area contributed by atoms with Crippen LogP contribution >= 0.6 is 0 Å². The van der Waals surface area contributed by atoms with Gasteiger partial charge in [-0.05, 0) is 47.9 Å². The van der Waals surface area contributed by atoms with Crippen molar-refractivity contribution >= 4 is 17.3 Å². The zero-order valence-electron chi connectivity index (χ0n) is 20.7. The van der Waals surface area contributed by atoms with E-state index >= 15 is 0 Å². The van der Waals surface area contributed by atoms with E-state index in [1.165, 1.54) is 17.1 Å². The van der Waals surface area contributed by atoms with Gasteiger partial charge in [0.1, 0.15) is 12.8 Å². The van der Waals surface area contributed by atoms with Crippen LogP contribution < -0.4 is 9.47 Å². The number of methoxy groups -OCH3 is 1. The van der Waals surface area contributed by atoms with Crippen molar-refractivity contribution in [1.29, 1.82) is 0 Å². The standard InChI is InChI=1S/C28H28N4O5/c1-4-16-37-25-15-12-23(17-26(25)36-3)28-30(18-21-8-6-5-7-9-21)19-27(33)31(28)29-20(2)22-10-13-24(14-11-22)32(34)35/h4-15,17,28H,1,16,18-19H2,2-3H3/b29-20-/t28-/m0/s1. The van der Waals surface area contributed by atoms with Gasteiger partial charge in [0.2, 0.25) is 0 Å². The first-order valence-electron chi connectivity index (χ1n) is 11.7. The molecule has 0 aromatic heterocycles. The molecule has 0 N–H and O–H groups in total. The number of ether oxygens (including phenoxy) is 2. The van der Waals surface area contributed by atoms with Gasteiger partial charge in [-0.25, -0.2) is 5.01 Å². The number of hydrogen-bond donors (Lipinski definition) is 0. The summed E-state index contributed by atoms with van der Waals surface area (Å²) in [7, 11) is 1.57. The lowest BCUT2D eigenvalue weighted by atomic mass is 10.1. The fraction of sp³-hybridized carbons (Fsp3) is 0.214. The summed E-state index contributed by atoms with van der Waals surface area (Å²) in [5.41, 5.74) is 3.12. The molecule has 0 spiro atoms. The largest absolute Gasteiger partial charge is 0.493 e. The highest BCUT2D eigenvalue weighted by atomic mass is 16.6. The Morgan fingerprint density at radius 1 is 1.14 bits per heavy atom. The van der Waals surface area contributed by atoms with Gasteiger partial charge in [-0.15, -0.1) is 0 Å². The van der Waals surface area contributed by atoms with Crippen LogP contribution in [0.2, 0.25) is 0 Å². The van der Waals surface area contributed by atoms with Crippen molar-refractivity contribution in [3.63, 3.8) is 0 Å². The monoisotopic (exact) mass is 500 g/mol. The van der Waals surface area contributed by atoms with Gasteiger partial charge < -0.3 is 9.47 Å². The summed E-state index contributed by atoms with van der Waals surface area (Å²) >= 11 is 0. The van der Waals surface area contributed by atoms with Crippen LogP contribution in [0.5, 0.6) is 11.5 Å². The summed E-state index contributed by atoms with van der Waals surface area (Å²) in [5.74, 6) is 0.949. The van der Waals surface area contributed by atoms with Gasteiger partial charge in [0.25, 0.3) is 11.6 Å². The first-order chi connectivity index (χ1) is 17.9. The molecule has 3 aromatic carbocycles. The Labute approximate surface area is 215 Å². The normalized spacial score (nSPS) is 16.1. The van der Waals surface area contributed by atoms with Crippen molar-refractivity contribution in [2.24, 2.45) is 5.10 Å². The van der Waals surface area contributed by atoms with Crippen molar-refractivity contribution in [1.82, 2.24) is 9.91 Å². The van der Waals surface area contributed by atoms with E-state index in [1.54, 1.807) is 32.2 Å². The topological polar surface area (TPSA) is 97.5 Å². The summed E-state index contributed by atoms with van der Waals surface area (Å²) in [4.78, 5) is 25.9. The van der Waals surface area contributed by atoms with Crippen molar-refractivity contribution in [2.45, 2.75) is 19.6 Å². The molecule has 0 saturated carbocycles. The van der Waals surface area contributed by atoms with Gasteiger partial charge in [0, 0.05) is 18.7 Å². The maximum Gasteiger partial charge on any atom is 0.269 e. The lowest BCUT2D eigenvalue weighted by Gasteiger charge is -2.28. The maximum absolute atomic E-state index is 13.3. The first kappa shape index (κ1) is 25.6. The molecule has 1 saturated heterocycles. The quantitative estimate of drug-likeness (QED) is 0.169. The number of carbonyl (C=O) groups is 1. The molecule has 9 heteroatoms. The molecule has 1 atom stereocenters. The number of hydrazone groups is 1. The number of amides is 1. The van der Waals surface area contributed by atoms with Crippen molar-refractivity contribution < 1.29 is 19.2 Å². The van der Waals surface area contributed by atoms with Crippen molar-refractivity contribution in [2.75, 3.05) is 20.3 Å². The number of non-ortho nitro benzene ring substituents is 1. The van der Waals surface area contributed by atoms with Crippen LogP contribution in [-0.4, -0.2) is 46.7 Å². The van der Waals surface area contributed by atoms with E-state index in [0.717, 1.165) is 11.1 Å². The summed E-state index contributed by atoms with van der Waals surface area (Å²) in [5, 5.41) is 17.2. The molecule has 4 rings (SSSR count). The van der Waals surface area contributed by atoms with Crippen LogP contribution in [0.4, 0.5) is 5.69 Å². The summed E-state index contributed by atoms with van der Waals surface area (Å²) in [6.07, 6.45) is 1.16. The predicted molar refractivity (Wildman–Crippen MR) is 140 cm³/mol. The highest BCUT2D eigenvalue weighted by Crippen LogP contribution is 2.37. The molecule has 1 amide bonds. The van der Waals surface area contributed by atoms with Crippen molar-refractivity contribution in [3.8, 4) is 11.5 Å². The third-order valence-electron chi connectivity index (χ3n) is 6.00.